The van der Waals surface area contributed by atoms with Crippen LogP contribution in [0.4, 0.5) is 0 Å². The molecule has 4 rings (SSSR count). The number of aliphatic hydroxyl groups is 1. The molecular weight excluding hydrogens is 284 g/mol. The Labute approximate surface area is 140 Å². The van der Waals surface area contributed by atoms with Crippen molar-refractivity contribution in [1.82, 2.24) is 0 Å². The van der Waals surface area contributed by atoms with Gasteiger partial charge in [-0.05, 0) is 86.4 Å². The zero-order valence-electron chi connectivity index (χ0n) is 14.8. The summed E-state index contributed by atoms with van der Waals surface area (Å²) in [7, 11) is 0. The molecule has 0 aromatic heterocycles. The zero-order chi connectivity index (χ0) is 16.2. The Morgan fingerprint density at radius 1 is 1.17 bits per heavy atom. The van der Waals surface area contributed by atoms with Crippen molar-refractivity contribution in [3.63, 3.8) is 0 Å². The molecule has 0 heterocycles. The van der Waals surface area contributed by atoms with E-state index in [4.69, 9.17) is 0 Å². The van der Waals surface area contributed by atoms with Gasteiger partial charge in [-0.15, -0.1) is 0 Å². The molecule has 128 valence electrons. The van der Waals surface area contributed by atoms with Gasteiger partial charge in [0.1, 0.15) is 6.61 Å². The smallest absolute Gasteiger partial charge is 0.161 e. The predicted molar refractivity (Wildman–Crippen MR) is 91.9 cm³/mol. The summed E-state index contributed by atoms with van der Waals surface area (Å²) in [6, 6.07) is 0. The minimum Gasteiger partial charge on any atom is -0.389 e. The fourth-order valence-electron chi connectivity index (χ4n) is 7.39. The predicted octanol–water partition coefficient (Wildman–Crippen LogP) is 4.52. The summed E-state index contributed by atoms with van der Waals surface area (Å²) in [6.45, 7) is 4.65. The van der Waals surface area contributed by atoms with E-state index >= 15 is 0 Å². The first-order valence-electron chi connectivity index (χ1n) is 9.84. The summed E-state index contributed by atoms with van der Waals surface area (Å²) in [5.41, 5.74) is 2.36. The molecule has 4 aliphatic carbocycles. The maximum Gasteiger partial charge on any atom is 0.161 e. The minimum absolute atomic E-state index is 0.105. The summed E-state index contributed by atoms with van der Waals surface area (Å²) < 4.78 is 0. The van der Waals surface area contributed by atoms with Crippen LogP contribution < -0.4 is 0 Å². The maximum atomic E-state index is 12.3. The van der Waals surface area contributed by atoms with E-state index in [9.17, 15) is 9.90 Å². The van der Waals surface area contributed by atoms with Crippen LogP contribution in [-0.4, -0.2) is 17.5 Å². The van der Waals surface area contributed by atoms with E-state index < -0.39 is 0 Å². The number of fused-ring (bicyclic) bond motifs is 5. The second-order valence-electron chi connectivity index (χ2n) is 9.25. The molecule has 23 heavy (non-hydrogen) atoms. The Balaban J connectivity index is 1.64. The number of Topliss-reactive ketones (excluding diaryl/α,β-unsaturated/α-hetero) is 1. The molecule has 0 saturated heterocycles. The molecule has 2 nitrogen and oxygen atoms in total. The van der Waals surface area contributed by atoms with E-state index in [-0.39, 0.29) is 23.7 Å². The Bertz CT molecular complexity index is 536. The molecule has 3 saturated carbocycles. The monoisotopic (exact) mass is 316 g/mol. The minimum atomic E-state index is -0.258. The first kappa shape index (κ1) is 15.9. The van der Waals surface area contributed by atoms with Crippen LogP contribution in [0.15, 0.2) is 11.6 Å². The summed E-state index contributed by atoms with van der Waals surface area (Å²) in [5, 5.41) is 9.37. The molecule has 0 amide bonds. The fraction of sp³-hybridized carbons (Fsp3) is 0.857. The van der Waals surface area contributed by atoms with E-state index in [0.29, 0.717) is 11.3 Å². The Hall–Kier alpha value is -0.630. The van der Waals surface area contributed by atoms with Gasteiger partial charge >= 0.3 is 0 Å². The van der Waals surface area contributed by atoms with Crippen LogP contribution in [0.25, 0.3) is 0 Å². The van der Waals surface area contributed by atoms with Crippen molar-refractivity contribution in [2.24, 2.45) is 34.5 Å². The third-order valence-electron chi connectivity index (χ3n) is 8.57. The van der Waals surface area contributed by atoms with Crippen molar-refractivity contribution in [1.29, 1.82) is 0 Å². The van der Waals surface area contributed by atoms with Gasteiger partial charge in [0.25, 0.3) is 0 Å². The number of hydrogen-bond acceptors (Lipinski definition) is 2. The van der Waals surface area contributed by atoms with Crippen LogP contribution in [0, 0.1) is 34.5 Å². The van der Waals surface area contributed by atoms with Gasteiger partial charge in [0, 0.05) is 5.92 Å². The average molecular weight is 316 g/mol. The molecule has 6 atom stereocenters. The quantitative estimate of drug-likeness (QED) is 0.761. The van der Waals surface area contributed by atoms with Gasteiger partial charge in [0.15, 0.2) is 5.78 Å². The number of carbonyl (C=O) groups excluding carboxylic acids is 1. The standard InChI is InChI=1S/C21H32O2/c1-20-11-4-3-5-14(20)6-7-15-16-8-9-18(19(23)13-22)21(16,2)12-10-17(15)20/h5,15-18,22H,3-4,6-13H2,1-2H3/t15-,16-,17-,18+,20-,21-/m0/s1. The van der Waals surface area contributed by atoms with E-state index in [1.807, 2.05) is 0 Å². The van der Waals surface area contributed by atoms with Crippen LogP contribution in [0.3, 0.4) is 0 Å². The maximum absolute atomic E-state index is 12.3. The molecule has 0 spiro atoms. The van der Waals surface area contributed by atoms with Crippen LogP contribution in [0.5, 0.6) is 0 Å². The highest BCUT2D eigenvalue weighted by atomic mass is 16.3. The summed E-state index contributed by atoms with van der Waals surface area (Å²) in [4.78, 5) is 12.3. The van der Waals surface area contributed by atoms with Crippen LogP contribution in [0.2, 0.25) is 0 Å². The largest absolute Gasteiger partial charge is 0.389 e. The highest BCUT2D eigenvalue weighted by Crippen LogP contribution is 2.66. The van der Waals surface area contributed by atoms with Gasteiger partial charge < -0.3 is 5.11 Å². The highest BCUT2D eigenvalue weighted by molar-refractivity contribution is 5.83. The second-order valence-corrected chi connectivity index (χ2v) is 9.25. The first-order chi connectivity index (χ1) is 11.0. The lowest BCUT2D eigenvalue weighted by molar-refractivity contribution is -0.132. The van der Waals surface area contributed by atoms with Gasteiger partial charge in [-0.2, -0.15) is 0 Å². The molecule has 0 aromatic carbocycles. The highest BCUT2D eigenvalue weighted by Gasteiger charge is 2.59. The Morgan fingerprint density at radius 3 is 2.78 bits per heavy atom. The molecule has 0 radical (unpaired) electrons. The topological polar surface area (TPSA) is 37.3 Å². The summed E-state index contributed by atoms with van der Waals surface area (Å²) in [5.74, 6) is 2.58. The van der Waals surface area contributed by atoms with Gasteiger partial charge in [0.2, 0.25) is 0 Å². The molecule has 2 heteroatoms. The fourth-order valence-corrected chi connectivity index (χ4v) is 7.39. The number of allylic oxidation sites excluding steroid dienone is 2. The number of hydrogen-bond donors (Lipinski definition) is 1. The second kappa shape index (κ2) is 5.44. The zero-order valence-corrected chi connectivity index (χ0v) is 14.8. The molecule has 0 aromatic rings. The van der Waals surface area contributed by atoms with Crippen molar-refractivity contribution in [3.05, 3.63) is 11.6 Å². The Morgan fingerprint density at radius 2 is 2.00 bits per heavy atom. The molecular formula is C21H32O2. The SMILES string of the molecule is C[C@]12CC[C@H]3[C@@H](CCC4=CCCC[C@@]43C)[C@@H]1CC[C@@H]2C(=O)CO. The number of aliphatic hydroxyl groups excluding tert-OH is 1. The van der Waals surface area contributed by atoms with Crippen molar-refractivity contribution in [2.45, 2.75) is 71.6 Å². The van der Waals surface area contributed by atoms with E-state index in [0.717, 1.165) is 18.3 Å². The number of rotatable bonds is 2. The van der Waals surface area contributed by atoms with Gasteiger partial charge in [-0.25, -0.2) is 0 Å². The van der Waals surface area contributed by atoms with Crippen molar-refractivity contribution in [3.8, 4) is 0 Å². The van der Waals surface area contributed by atoms with E-state index in [1.165, 1.54) is 51.4 Å². The molecule has 4 aliphatic rings. The third-order valence-corrected chi connectivity index (χ3v) is 8.57. The lowest BCUT2D eigenvalue weighted by Gasteiger charge is -2.58. The number of ketones is 1. The first-order valence-corrected chi connectivity index (χ1v) is 9.84. The van der Waals surface area contributed by atoms with Crippen LogP contribution in [-0.2, 0) is 4.79 Å². The average Bonchev–Trinajstić information content (AvgIpc) is 2.91. The van der Waals surface area contributed by atoms with E-state index in [1.54, 1.807) is 5.57 Å². The molecule has 0 unspecified atom stereocenters. The van der Waals surface area contributed by atoms with Crippen molar-refractivity contribution < 1.29 is 9.90 Å². The van der Waals surface area contributed by atoms with Crippen LogP contribution in [0.1, 0.15) is 71.6 Å². The summed E-state index contributed by atoms with van der Waals surface area (Å²) in [6.07, 6.45) is 13.9. The summed E-state index contributed by atoms with van der Waals surface area (Å²) >= 11 is 0. The molecule has 1 N–H and O–H groups in total. The van der Waals surface area contributed by atoms with Gasteiger partial charge in [-0.1, -0.05) is 25.5 Å². The molecule has 3 fully saturated rings. The molecule has 0 bridgehead atoms. The third kappa shape index (κ3) is 2.13. The number of carbonyl (C=O) groups is 1. The van der Waals surface area contributed by atoms with Gasteiger partial charge in [0.05, 0.1) is 0 Å². The van der Waals surface area contributed by atoms with Crippen molar-refractivity contribution >= 4 is 5.78 Å². The lowest BCUT2D eigenvalue weighted by Crippen LogP contribution is -2.50. The van der Waals surface area contributed by atoms with Crippen molar-refractivity contribution in [2.75, 3.05) is 6.61 Å². The van der Waals surface area contributed by atoms with Crippen LogP contribution >= 0.6 is 0 Å². The Kier molecular flexibility index (Phi) is 3.75. The lowest BCUT2D eigenvalue weighted by atomic mass is 9.47. The molecule has 0 aliphatic heterocycles. The normalized spacial score (nSPS) is 48.9. The van der Waals surface area contributed by atoms with Gasteiger partial charge in [-0.3, -0.25) is 4.79 Å². The van der Waals surface area contributed by atoms with E-state index in [2.05, 4.69) is 19.9 Å².